The van der Waals surface area contributed by atoms with Gasteiger partial charge in [0.15, 0.2) is 0 Å². The van der Waals surface area contributed by atoms with Gasteiger partial charge in [-0.15, -0.1) is 0 Å². The Morgan fingerprint density at radius 1 is 0.571 bits per heavy atom. The van der Waals surface area contributed by atoms with E-state index in [1.807, 2.05) is 12.1 Å². The highest BCUT2D eigenvalue weighted by Crippen LogP contribution is 2.42. The van der Waals surface area contributed by atoms with E-state index in [1.165, 1.54) is 24.3 Å². The van der Waals surface area contributed by atoms with Crippen molar-refractivity contribution in [3.63, 3.8) is 0 Å². The van der Waals surface area contributed by atoms with Gasteiger partial charge in [0.05, 0.1) is 93.5 Å². The van der Waals surface area contributed by atoms with Crippen LogP contribution in [0, 0.1) is 34.5 Å². The summed E-state index contributed by atoms with van der Waals surface area (Å²) in [5.74, 6) is -0.149. The zero-order chi connectivity index (χ0) is 50.1. The molecule has 0 fully saturated rings. The molecule has 0 radical (unpaired) electrons. The number of halogens is 6. The molecule has 4 heterocycles. The van der Waals surface area contributed by atoms with E-state index in [0.29, 0.717) is 59.6 Å². The highest BCUT2D eigenvalue weighted by Gasteiger charge is 2.47. The van der Waals surface area contributed by atoms with Gasteiger partial charge in [0.2, 0.25) is 0 Å². The molecule has 70 heavy (non-hydrogen) atoms. The Balaban J connectivity index is 0.868. The lowest BCUT2D eigenvalue weighted by Crippen LogP contribution is -2.47. The lowest BCUT2D eigenvalue weighted by molar-refractivity contribution is -0.138. The van der Waals surface area contributed by atoms with Gasteiger partial charge in [-0.25, -0.2) is 9.59 Å². The Morgan fingerprint density at radius 2 is 0.971 bits per heavy atom. The average molecular weight is 963 g/mol. The predicted octanol–water partition coefficient (Wildman–Crippen LogP) is 10.5. The first-order chi connectivity index (χ1) is 33.4. The van der Waals surface area contributed by atoms with Crippen LogP contribution in [0.1, 0.15) is 97.8 Å². The molecule has 0 aromatic heterocycles. The smallest absolute Gasteiger partial charge is 0.333 e. The van der Waals surface area contributed by atoms with Crippen LogP contribution in [-0.4, -0.2) is 59.9 Å². The van der Waals surface area contributed by atoms with E-state index in [9.17, 15) is 56.0 Å². The van der Waals surface area contributed by atoms with Crippen LogP contribution in [0.25, 0.3) is 0 Å². The summed E-state index contributed by atoms with van der Waals surface area (Å²) in [5.41, 5.74) is 1.01. The van der Waals surface area contributed by atoms with E-state index in [4.69, 9.17) is 0 Å². The number of anilines is 2. The summed E-state index contributed by atoms with van der Waals surface area (Å²) in [4.78, 5) is 61.1. The number of benzene rings is 4. The van der Waals surface area contributed by atoms with Gasteiger partial charge in [0.1, 0.15) is 0 Å². The van der Waals surface area contributed by atoms with Crippen LogP contribution in [-0.2, 0) is 21.9 Å². The minimum atomic E-state index is -4.66. The minimum absolute atomic E-state index is 0.0127. The summed E-state index contributed by atoms with van der Waals surface area (Å²) in [5, 5.41) is 24.3. The molecule has 362 valence electrons. The Hall–Kier alpha value is -7.60. The molecule has 4 aromatic rings. The first-order valence-electron chi connectivity index (χ1n) is 23.0. The van der Waals surface area contributed by atoms with E-state index in [-0.39, 0.29) is 59.3 Å². The highest BCUT2D eigenvalue weighted by atomic mass is 19.4. The largest absolute Gasteiger partial charge is 0.416 e. The number of urea groups is 2. The van der Waals surface area contributed by atoms with Gasteiger partial charge >= 0.3 is 24.4 Å². The van der Waals surface area contributed by atoms with E-state index in [2.05, 4.69) is 24.5 Å². The maximum Gasteiger partial charge on any atom is 0.416 e. The summed E-state index contributed by atoms with van der Waals surface area (Å²) in [6.45, 7) is 5.00. The molecule has 12 nitrogen and oxygen atoms in total. The molecular weight excluding hydrogens is 915 g/mol. The van der Waals surface area contributed by atoms with E-state index < -0.39 is 47.6 Å². The van der Waals surface area contributed by atoms with Crippen molar-refractivity contribution in [1.82, 2.24) is 20.4 Å². The third-order valence-corrected chi connectivity index (χ3v) is 13.7. The number of nitriles is 2. The van der Waals surface area contributed by atoms with Gasteiger partial charge in [0, 0.05) is 13.1 Å². The third-order valence-electron chi connectivity index (χ3n) is 13.7. The SMILES string of the molecule is CC(CCCCCN1CC2=C(C1=O)[C@@H](c1ccc(C#N)cc1)NC(=O)N2c1cccc(C(F)(F)F)c1)C(C)CCCN1CC2=C(C1=O)[C@@H](c1ccc(C#N)cc1)NC(=O)N2c1cccc(C(F)(F)F)c1. The van der Waals surface area contributed by atoms with Crippen LogP contribution < -0.4 is 20.4 Å². The van der Waals surface area contributed by atoms with Crippen molar-refractivity contribution in [2.75, 3.05) is 36.0 Å². The zero-order valence-electron chi connectivity index (χ0n) is 38.2. The standard InChI is InChI=1S/C52H48F6N8O4/c1-31(9-4-3-5-23-63-29-41-43(47(63)67)45(35-19-15-33(27-59)16-20-35)61-49(69)65(41)39-13-6-11-37(25-39)51(53,54)55)32(2)10-8-24-64-30-42-44(48(64)68)46(36-21-17-34(28-60)18-22-36)62-50(70)66(42)40-14-7-12-38(26-40)52(56,57)58/h6-7,11-22,25-26,31-32,45-46H,3-5,8-10,23-24,29-30H2,1-2H3,(H,61,69)(H,62,70)/t31?,32?,45-,46-/m1/s1. The molecule has 4 aliphatic heterocycles. The first-order valence-corrected chi connectivity index (χ1v) is 23.0. The molecular formula is C52H48F6N8O4. The molecule has 0 saturated carbocycles. The third kappa shape index (κ3) is 9.94. The highest BCUT2D eigenvalue weighted by molar-refractivity contribution is 6.08. The molecule has 2 unspecified atom stereocenters. The summed E-state index contributed by atoms with van der Waals surface area (Å²) in [6.07, 6.45) is -4.81. The van der Waals surface area contributed by atoms with E-state index in [1.54, 1.807) is 58.3 Å². The van der Waals surface area contributed by atoms with Crippen molar-refractivity contribution < 1.29 is 45.5 Å². The number of carbonyl (C=O) groups is 4. The van der Waals surface area contributed by atoms with Crippen molar-refractivity contribution in [2.45, 2.75) is 76.8 Å². The Labute approximate surface area is 400 Å². The van der Waals surface area contributed by atoms with Crippen LogP contribution in [0.15, 0.2) is 120 Å². The number of nitrogens with zero attached hydrogens (tertiary/aromatic N) is 6. The minimum Gasteiger partial charge on any atom is -0.333 e. The number of unbranched alkanes of at least 4 members (excludes halogenated alkanes) is 2. The van der Waals surface area contributed by atoms with E-state index in [0.717, 1.165) is 59.7 Å². The van der Waals surface area contributed by atoms with Gasteiger partial charge in [-0.05, 0) is 103 Å². The van der Waals surface area contributed by atoms with E-state index >= 15 is 0 Å². The molecule has 0 bridgehead atoms. The fourth-order valence-electron chi connectivity index (χ4n) is 9.66. The molecule has 0 aliphatic carbocycles. The lowest BCUT2D eigenvalue weighted by Gasteiger charge is -2.34. The van der Waals surface area contributed by atoms with Crippen LogP contribution in [0.2, 0.25) is 0 Å². The topological polar surface area (TPSA) is 153 Å². The Bertz CT molecular complexity index is 2850. The first kappa shape index (κ1) is 48.8. The molecule has 0 saturated heterocycles. The normalized spacial score (nSPS) is 19.2. The van der Waals surface area contributed by atoms with Gasteiger partial charge < -0.3 is 20.4 Å². The molecule has 8 rings (SSSR count). The van der Waals surface area contributed by atoms with Gasteiger partial charge in [0.25, 0.3) is 11.8 Å². The van der Waals surface area contributed by atoms with Crippen molar-refractivity contribution in [3.05, 3.63) is 153 Å². The molecule has 6 amide bonds. The second-order valence-electron chi connectivity index (χ2n) is 18.1. The maximum atomic E-state index is 14.2. The quantitative estimate of drug-likeness (QED) is 0.0894. The molecule has 2 N–H and O–H groups in total. The molecule has 4 aromatic carbocycles. The number of hydrogen-bond acceptors (Lipinski definition) is 6. The Kier molecular flexibility index (Phi) is 13.8. The predicted molar refractivity (Wildman–Crippen MR) is 246 cm³/mol. The van der Waals surface area contributed by atoms with Crippen molar-refractivity contribution in [2.24, 2.45) is 11.8 Å². The fourth-order valence-corrected chi connectivity index (χ4v) is 9.66. The van der Waals surface area contributed by atoms with Crippen molar-refractivity contribution in [1.29, 1.82) is 10.5 Å². The van der Waals surface area contributed by atoms with Gasteiger partial charge in [-0.2, -0.15) is 36.9 Å². The molecule has 4 atom stereocenters. The summed E-state index contributed by atoms with van der Waals surface area (Å²) < 4.78 is 82.5. The zero-order valence-corrected chi connectivity index (χ0v) is 38.2. The van der Waals surface area contributed by atoms with Crippen LogP contribution >= 0.6 is 0 Å². The van der Waals surface area contributed by atoms with Crippen molar-refractivity contribution >= 4 is 35.3 Å². The summed E-state index contributed by atoms with van der Waals surface area (Å²) in [7, 11) is 0. The fraction of sp³-hybridized carbons (Fsp3) is 0.346. The van der Waals surface area contributed by atoms with Crippen molar-refractivity contribution in [3.8, 4) is 12.1 Å². The van der Waals surface area contributed by atoms with Crippen LogP contribution in [0.5, 0.6) is 0 Å². The van der Waals surface area contributed by atoms with Crippen LogP contribution in [0.3, 0.4) is 0 Å². The monoisotopic (exact) mass is 962 g/mol. The summed E-state index contributed by atoms with van der Waals surface area (Å²) >= 11 is 0. The lowest BCUT2D eigenvalue weighted by atomic mass is 9.87. The number of amides is 6. The van der Waals surface area contributed by atoms with Crippen LogP contribution in [0.4, 0.5) is 47.3 Å². The number of rotatable bonds is 15. The number of alkyl halides is 6. The van der Waals surface area contributed by atoms with Gasteiger partial charge in [-0.1, -0.05) is 69.5 Å². The second-order valence-corrected chi connectivity index (χ2v) is 18.1. The number of carbonyl (C=O) groups excluding carboxylic acids is 4. The number of nitrogens with one attached hydrogen (secondary N) is 2. The molecule has 0 spiro atoms. The molecule has 18 heteroatoms. The average Bonchev–Trinajstić information content (AvgIpc) is 3.84. The maximum absolute atomic E-state index is 14.2. The summed E-state index contributed by atoms with van der Waals surface area (Å²) in [6, 6.07) is 22.6. The second kappa shape index (κ2) is 19.8. The number of hydrogen-bond donors (Lipinski definition) is 2. The Morgan fingerprint density at radius 3 is 1.37 bits per heavy atom. The van der Waals surface area contributed by atoms with Gasteiger partial charge in [-0.3, -0.25) is 19.4 Å². The molecule has 4 aliphatic rings.